The lowest BCUT2D eigenvalue weighted by Gasteiger charge is -2.19. The Kier molecular flexibility index (Phi) is 4.59. The van der Waals surface area contributed by atoms with E-state index in [0.717, 1.165) is 32.6 Å². The third-order valence-electron chi connectivity index (χ3n) is 3.78. The van der Waals surface area contributed by atoms with E-state index in [0.29, 0.717) is 5.02 Å². The molecule has 1 aliphatic heterocycles. The molecule has 4 heteroatoms. The third kappa shape index (κ3) is 3.78. The summed E-state index contributed by atoms with van der Waals surface area (Å²) in [6.45, 7) is 0. The molecule has 1 heterocycles. The summed E-state index contributed by atoms with van der Waals surface area (Å²) in [5, 5.41) is 4.96. The van der Waals surface area contributed by atoms with Crippen LogP contribution >= 0.6 is 23.4 Å². The number of hydrogen-bond donors (Lipinski definition) is 1. The molecule has 4 rings (SSSR count). The van der Waals surface area contributed by atoms with Crippen LogP contribution in [0.25, 0.3) is 11.0 Å². The summed E-state index contributed by atoms with van der Waals surface area (Å²) in [6, 6.07) is 26.2. The zero-order chi connectivity index (χ0) is 17.1. The van der Waals surface area contributed by atoms with Crippen LogP contribution in [0.2, 0.25) is 5.02 Å². The molecule has 0 unspecified atom stereocenters. The Morgan fingerprint density at radius 2 is 1.60 bits per heavy atom. The van der Waals surface area contributed by atoms with E-state index in [1.165, 1.54) is 0 Å². The number of benzene rings is 3. The zero-order valence-electron chi connectivity index (χ0n) is 13.3. The standard InChI is InChI=1S/C21H15ClN2S/c22-16-11-12-19-18(14-16)20(13-15-7-3-1-4-8-15)25-21(24-19)23-17-9-5-2-6-10-17/h1-14H,(H,23,24)/b20-13+. The molecule has 0 spiro atoms. The van der Waals surface area contributed by atoms with Crippen LogP contribution in [0, 0.1) is 0 Å². The van der Waals surface area contributed by atoms with Crippen LogP contribution in [0.3, 0.4) is 0 Å². The Morgan fingerprint density at radius 1 is 0.880 bits per heavy atom. The predicted octanol–water partition coefficient (Wildman–Crippen LogP) is 6.68. The highest BCUT2D eigenvalue weighted by Crippen LogP contribution is 2.42. The molecular formula is C21H15ClN2S. The summed E-state index contributed by atoms with van der Waals surface area (Å²) in [4.78, 5) is 5.87. The van der Waals surface area contributed by atoms with E-state index in [9.17, 15) is 0 Å². The van der Waals surface area contributed by atoms with Crippen LogP contribution in [0.1, 0.15) is 11.1 Å². The van der Waals surface area contributed by atoms with Gasteiger partial charge in [-0.2, -0.15) is 0 Å². The minimum absolute atomic E-state index is 0.716. The van der Waals surface area contributed by atoms with Crippen molar-refractivity contribution in [3.05, 3.63) is 95.0 Å². The number of halogens is 1. The van der Waals surface area contributed by atoms with E-state index in [2.05, 4.69) is 23.5 Å². The molecule has 1 aliphatic rings. The molecule has 0 fully saturated rings. The van der Waals surface area contributed by atoms with Crippen LogP contribution in [0.15, 0.2) is 83.9 Å². The highest BCUT2D eigenvalue weighted by atomic mass is 35.5. The molecule has 0 aliphatic carbocycles. The van der Waals surface area contributed by atoms with Gasteiger partial charge in [0, 0.05) is 21.2 Å². The molecule has 25 heavy (non-hydrogen) atoms. The number of amidine groups is 1. The normalized spacial score (nSPS) is 14.8. The number of nitrogens with zero attached hydrogens (tertiary/aromatic N) is 1. The first-order valence-electron chi connectivity index (χ1n) is 7.93. The number of fused-ring (bicyclic) bond motifs is 1. The molecule has 3 aromatic rings. The first-order valence-corrected chi connectivity index (χ1v) is 9.13. The number of aliphatic imine (C=N–C) groups is 1. The highest BCUT2D eigenvalue weighted by molar-refractivity contribution is 8.22. The van der Waals surface area contributed by atoms with Crippen molar-refractivity contribution < 1.29 is 0 Å². The Bertz CT molecular complexity index is 950. The monoisotopic (exact) mass is 362 g/mol. The summed E-state index contributed by atoms with van der Waals surface area (Å²) in [5.74, 6) is 0. The summed E-state index contributed by atoms with van der Waals surface area (Å²) in [6.07, 6.45) is 2.17. The van der Waals surface area contributed by atoms with E-state index >= 15 is 0 Å². The molecule has 2 nitrogen and oxygen atoms in total. The van der Waals surface area contributed by atoms with Gasteiger partial charge in [-0.05, 0) is 42.0 Å². The van der Waals surface area contributed by atoms with Crippen molar-refractivity contribution in [3.63, 3.8) is 0 Å². The summed E-state index contributed by atoms with van der Waals surface area (Å²) in [5.41, 5.74) is 4.14. The van der Waals surface area contributed by atoms with Crippen molar-refractivity contribution in [3.8, 4) is 0 Å². The quantitative estimate of drug-likeness (QED) is 0.549. The third-order valence-corrected chi connectivity index (χ3v) is 4.95. The fourth-order valence-electron chi connectivity index (χ4n) is 2.60. The maximum atomic E-state index is 6.21. The van der Waals surface area contributed by atoms with Crippen molar-refractivity contribution in [2.24, 2.45) is 4.99 Å². The number of para-hydroxylation sites is 1. The number of anilines is 1. The molecule has 0 amide bonds. The van der Waals surface area contributed by atoms with E-state index in [-0.39, 0.29) is 0 Å². The fraction of sp³-hybridized carbons (Fsp3) is 0. The average molecular weight is 363 g/mol. The lowest BCUT2D eigenvalue weighted by Crippen LogP contribution is -2.10. The van der Waals surface area contributed by atoms with Gasteiger partial charge < -0.3 is 5.32 Å². The molecule has 1 N–H and O–H groups in total. The lowest BCUT2D eigenvalue weighted by molar-refractivity contribution is 1.48. The SMILES string of the molecule is Clc1ccc2c(c1)/C(=C\c1ccccc1)SC(Nc1ccccc1)=N2. The van der Waals surface area contributed by atoms with Crippen molar-refractivity contribution in [1.82, 2.24) is 0 Å². The molecule has 122 valence electrons. The van der Waals surface area contributed by atoms with E-state index in [1.54, 1.807) is 11.8 Å². The molecule has 0 bridgehead atoms. The Balaban J connectivity index is 1.74. The van der Waals surface area contributed by atoms with Gasteiger partial charge in [0.15, 0.2) is 5.17 Å². The average Bonchev–Trinajstić information content (AvgIpc) is 2.64. The molecular weight excluding hydrogens is 348 g/mol. The van der Waals surface area contributed by atoms with Crippen molar-refractivity contribution >= 4 is 50.9 Å². The summed E-state index contributed by atoms with van der Waals surface area (Å²) in [7, 11) is 0. The number of nitrogens with one attached hydrogen (secondary N) is 1. The van der Waals surface area contributed by atoms with Gasteiger partial charge in [0.05, 0.1) is 5.69 Å². The number of rotatable bonds is 2. The first kappa shape index (κ1) is 16.0. The topological polar surface area (TPSA) is 24.4 Å². The molecule has 0 atom stereocenters. The van der Waals surface area contributed by atoms with Crippen LogP contribution in [-0.4, -0.2) is 5.17 Å². The molecule has 3 aromatic carbocycles. The van der Waals surface area contributed by atoms with Crippen LogP contribution in [-0.2, 0) is 0 Å². The van der Waals surface area contributed by atoms with Gasteiger partial charge >= 0.3 is 0 Å². The Hall–Kier alpha value is -2.49. The zero-order valence-corrected chi connectivity index (χ0v) is 14.9. The predicted molar refractivity (Wildman–Crippen MR) is 111 cm³/mol. The minimum Gasteiger partial charge on any atom is -0.334 e. The van der Waals surface area contributed by atoms with Crippen LogP contribution in [0.4, 0.5) is 11.4 Å². The molecule has 0 radical (unpaired) electrons. The number of thioether (sulfide) groups is 1. The molecule has 0 saturated carbocycles. The second kappa shape index (κ2) is 7.18. The second-order valence-corrected chi connectivity index (χ2v) is 7.06. The summed E-state index contributed by atoms with van der Waals surface area (Å²) < 4.78 is 0. The van der Waals surface area contributed by atoms with Gasteiger partial charge in [-0.3, -0.25) is 0 Å². The first-order chi connectivity index (χ1) is 12.3. The maximum absolute atomic E-state index is 6.21. The van der Waals surface area contributed by atoms with Crippen molar-refractivity contribution in [2.75, 3.05) is 5.32 Å². The van der Waals surface area contributed by atoms with Crippen molar-refractivity contribution in [1.29, 1.82) is 0 Å². The van der Waals surface area contributed by atoms with Gasteiger partial charge in [-0.25, -0.2) is 4.99 Å². The molecule has 0 saturated heterocycles. The van der Waals surface area contributed by atoms with Gasteiger partial charge in [0.1, 0.15) is 0 Å². The largest absolute Gasteiger partial charge is 0.334 e. The Morgan fingerprint density at radius 3 is 2.36 bits per heavy atom. The van der Waals surface area contributed by atoms with Crippen molar-refractivity contribution in [2.45, 2.75) is 0 Å². The van der Waals surface area contributed by atoms with Crippen LogP contribution in [0.5, 0.6) is 0 Å². The van der Waals surface area contributed by atoms with Gasteiger partial charge in [-0.1, -0.05) is 71.9 Å². The summed E-state index contributed by atoms with van der Waals surface area (Å²) >= 11 is 7.82. The van der Waals surface area contributed by atoms with Gasteiger partial charge in [0.2, 0.25) is 0 Å². The van der Waals surface area contributed by atoms with Gasteiger partial charge in [-0.15, -0.1) is 0 Å². The highest BCUT2D eigenvalue weighted by Gasteiger charge is 2.18. The number of hydrogen-bond acceptors (Lipinski definition) is 3. The Labute approximate surface area is 156 Å². The van der Waals surface area contributed by atoms with E-state index in [4.69, 9.17) is 16.6 Å². The van der Waals surface area contributed by atoms with E-state index < -0.39 is 0 Å². The minimum atomic E-state index is 0.716. The van der Waals surface area contributed by atoms with Crippen LogP contribution < -0.4 is 5.32 Å². The lowest BCUT2D eigenvalue weighted by atomic mass is 10.1. The van der Waals surface area contributed by atoms with Gasteiger partial charge in [0.25, 0.3) is 0 Å². The van der Waals surface area contributed by atoms with E-state index in [1.807, 2.05) is 66.7 Å². The molecule has 0 aromatic heterocycles. The maximum Gasteiger partial charge on any atom is 0.171 e. The smallest absolute Gasteiger partial charge is 0.171 e. The fourth-order valence-corrected chi connectivity index (χ4v) is 3.76. The second-order valence-electron chi connectivity index (χ2n) is 5.59.